The van der Waals surface area contributed by atoms with Gasteiger partial charge >= 0.3 is 5.97 Å². The highest BCUT2D eigenvalue weighted by molar-refractivity contribution is 5.78. The maximum Gasteiger partial charge on any atom is 0.325 e. The van der Waals surface area contributed by atoms with Gasteiger partial charge in [0.15, 0.2) is 0 Å². The van der Waals surface area contributed by atoms with Crippen molar-refractivity contribution in [1.29, 1.82) is 0 Å². The molecule has 0 amide bonds. The highest BCUT2D eigenvalue weighted by Crippen LogP contribution is 2.39. The lowest BCUT2D eigenvalue weighted by atomic mass is 10.1. The average molecular weight is 231 g/mol. The van der Waals surface area contributed by atoms with Gasteiger partial charge in [0.25, 0.3) is 0 Å². The second kappa shape index (κ2) is 3.56. The van der Waals surface area contributed by atoms with Gasteiger partial charge in [0.05, 0.1) is 11.7 Å². The van der Waals surface area contributed by atoms with Crippen LogP contribution in [0.2, 0.25) is 0 Å². The molecule has 3 N–H and O–H groups in total. The van der Waals surface area contributed by atoms with Gasteiger partial charge in [0.1, 0.15) is 11.9 Å². The molecule has 1 aliphatic carbocycles. The second-order valence-electron chi connectivity index (χ2n) is 4.43. The Kier molecular flexibility index (Phi) is 2.16. The van der Waals surface area contributed by atoms with E-state index in [-0.39, 0.29) is 0 Å². The number of rotatable bonds is 3. The van der Waals surface area contributed by atoms with Crippen LogP contribution in [0.5, 0.6) is 0 Å². The van der Waals surface area contributed by atoms with Crippen LogP contribution in [0, 0.1) is 0 Å². The first-order chi connectivity index (χ1) is 8.18. The number of carboxylic acids is 1. The Bertz CT molecular complexity index is 586. The first-order valence-corrected chi connectivity index (χ1v) is 5.62. The van der Waals surface area contributed by atoms with E-state index in [0.717, 1.165) is 24.2 Å². The smallest absolute Gasteiger partial charge is 0.325 e. The van der Waals surface area contributed by atoms with Gasteiger partial charge in [-0.25, -0.2) is 4.98 Å². The molecular formula is C12H13N3O2. The summed E-state index contributed by atoms with van der Waals surface area (Å²) < 4.78 is 1.95. The zero-order chi connectivity index (χ0) is 12.0. The zero-order valence-corrected chi connectivity index (χ0v) is 9.21. The van der Waals surface area contributed by atoms with Crippen LogP contribution < -0.4 is 5.73 Å². The molecule has 1 atom stereocenters. The van der Waals surface area contributed by atoms with Crippen LogP contribution in [-0.4, -0.2) is 20.5 Å². The maximum atomic E-state index is 10.9. The van der Waals surface area contributed by atoms with E-state index in [9.17, 15) is 4.79 Å². The molecule has 1 saturated carbocycles. The third-order valence-electron chi connectivity index (χ3n) is 3.18. The van der Waals surface area contributed by atoms with Crippen molar-refractivity contribution < 1.29 is 9.90 Å². The molecule has 0 bridgehead atoms. The molecule has 0 spiro atoms. The summed E-state index contributed by atoms with van der Waals surface area (Å²) in [6.45, 7) is 0. The number of hydrogen-bond donors (Lipinski definition) is 2. The summed E-state index contributed by atoms with van der Waals surface area (Å²) in [5, 5.41) is 8.97. The summed E-state index contributed by atoms with van der Waals surface area (Å²) in [7, 11) is 0. The summed E-state index contributed by atoms with van der Waals surface area (Å²) in [5.74, 6) is 0.514. The number of carbonyl (C=O) groups is 1. The fourth-order valence-electron chi connectivity index (χ4n) is 2.10. The molecule has 88 valence electrons. The van der Waals surface area contributed by atoms with Crippen LogP contribution in [0.25, 0.3) is 5.52 Å². The number of aromatic nitrogens is 2. The highest BCUT2D eigenvalue weighted by atomic mass is 16.4. The molecule has 1 fully saturated rings. The van der Waals surface area contributed by atoms with E-state index in [1.165, 1.54) is 0 Å². The molecule has 0 aliphatic heterocycles. The normalized spacial score (nSPS) is 17.2. The molecule has 5 nitrogen and oxygen atoms in total. The molecule has 0 aromatic carbocycles. The van der Waals surface area contributed by atoms with Gasteiger partial charge in [-0.15, -0.1) is 0 Å². The van der Waals surface area contributed by atoms with Gasteiger partial charge in [-0.1, -0.05) is 6.07 Å². The topological polar surface area (TPSA) is 80.6 Å². The minimum Gasteiger partial charge on any atom is -0.480 e. The van der Waals surface area contributed by atoms with Crippen molar-refractivity contribution in [3.05, 3.63) is 35.9 Å². The van der Waals surface area contributed by atoms with Crippen molar-refractivity contribution in [2.75, 3.05) is 0 Å². The van der Waals surface area contributed by atoms with Gasteiger partial charge in [-0.05, 0) is 18.9 Å². The van der Waals surface area contributed by atoms with E-state index in [0.29, 0.717) is 11.5 Å². The lowest BCUT2D eigenvalue weighted by molar-refractivity contribution is -0.138. The summed E-state index contributed by atoms with van der Waals surface area (Å²) in [6.07, 6.45) is 5.95. The number of imidazole rings is 1. The lowest BCUT2D eigenvalue weighted by Crippen LogP contribution is -2.21. The molecule has 2 aromatic heterocycles. The van der Waals surface area contributed by atoms with Gasteiger partial charge < -0.3 is 15.2 Å². The molecule has 2 aromatic rings. The van der Waals surface area contributed by atoms with Gasteiger partial charge in [0.2, 0.25) is 0 Å². The van der Waals surface area contributed by atoms with Gasteiger partial charge in [-0.2, -0.15) is 0 Å². The minimum atomic E-state index is -1.02. The number of fused-ring (bicyclic) bond motifs is 1. The van der Waals surface area contributed by atoms with E-state index in [2.05, 4.69) is 4.98 Å². The Morgan fingerprint density at radius 3 is 3.00 bits per heavy atom. The van der Waals surface area contributed by atoms with E-state index in [1.54, 1.807) is 12.3 Å². The predicted octanol–water partition coefficient (Wildman–Crippen LogP) is 1.30. The van der Waals surface area contributed by atoms with Crippen molar-refractivity contribution in [2.24, 2.45) is 5.73 Å². The quantitative estimate of drug-likeness (QED) is 0.834. The van der Waals surface area contributed by atoms with Gasteiger partial charge in [0, 0.05) is 17.7 Å². The first kappa shape index (κ1) is 10.3. The molecule has 17 heavy (non-hydrogen) atoms. The van der Waals surface area contributed by atoms with Crippen LogP contribution in [0.4, 0.5) is 0 Å². The fourth-order valence-corrected chi connectivity index (χ4v) is 2.10. The highest BCUT2D eigenvalue weighted by Gasteiger charge is 2.28. The Hall–Kier alpha value is -1.88. The number of aliphatic carboxylic acids is 1. The zero-order valence-electron chi connectivity index (χ0n) is 9.21. The molecule has 0 saturated heterocycles. The molecular weight excluding hydrogens is 218 g/mol. The number of carboxylic acid groups (broad SMARTS) is 1. The number of nitrogens with two attached hydrogens (primary N) is 1. The number of nitrogens with zero attached hydrogens (tertiary/aromatic N) is 2. The fraction of sp³-hybridized carbons (Fsp3) is 0.333. The van der Waals surface area contributed by atoms with Crippen molar-refractivity contribution in [1.82, 2.24) is 9.38 Å². The molecule has 3 rings (SSSR count). The average Bonchev–Trinajstić information content (AvgIpc) is 3.07. The van der Waals surface area contributed by atoms with Crippen LogP contribution in [0.15, 0.2) is 24.5 Å². The maximum absolute atomic E-state index is 10.9. The van der Waals surface area contributed by atoms with E-state index >= 15 is 0 Å². The van der Waals surface area contributed by atoms with Crippen molar-refractivity contribution in [3.8, 4) is 0 Å². The SMILES string of the molecule is NC(C(=O)O)c1cccn2c(C3CC3)ncc12. The predicted molar refractivity (Wildman–Crippen MR) is 61.7 cm³/mol. The van der Waals surface area contributed by atoms with E-state index < -0.39 is 12.0 Å². The molecule has 0 radical (unpaired) electrons. The monoisotopic (exact) mass is 231 g/mol. The second-order valence-corrected chi connectivity index (χ2v) is 4.43. The molecule has 2 heterocycles. The molecule has 5 heteroatoms. The summed E-state index contributed by atoms with van der Waals surface area (Å²) >= 11 is 0. The minimum absolute atomic E-state index is 0.522. The van der Waals surface area contributed by atoms with Crippen molar-refractivity contribution >= 4 is 11.5 Å². The lowest BCUT2D eigenvalue weighted by Gasteiger charge is -2.09. The largest absolute Gasteiger partial charge is 0.480 e. The number of pyridine rings is 1. The van der Waals surface area contributed by atoms with Crippen molar-refractivity contribution in [2.45, 2.75) is 24.8 Å². The van der Waals surface area contributed by atoms with Crippen LogP contribution in [0.1, 0.15) is 36.2 Å². The first-order valence-electron chi connectivity index (χ1n) is 5.62. The Morgan fingerprint density at radius 2 is 2.35 bits per heavy atom. The van der Waals surface area contributed by atoms with Crippen molar-refractivity contribution in [3.63, 3.8) is 0 Å². The molecule has 1 unspecified atom stereocenters. The number of hydrogen-bond acceptors (Lipinski definition) is 3. The van der Waals surface area contributed by atoms with Crippen LogP contribution >= 0.6 is 0 Å². The summed E-state index contributed by atoms with van der Waals surface area (Å²) in [6, 6.07) is 2.56. The standard InChI is InChI=1S/C12H13N3O2/c13-10(12(16)17)8-2-1-5-15-9(8)6-14-11(15)7-3-4-7/h1-2,5-7,10H,3-4,13H2,(H,16,17). The van der Waals surface area contributed by atoms with Crippen LogP contribution in [-0.2, 0) is 4.79 Å². The van der Waals surface area contributed by atoms with E-state index in [4.69, 9.17) is 10.8 Å². The Balaban J connectivity index is 2.16. The molecule has 1 aliphatic rings. The van der Waals surface area contributed by atoms with Gasteiger partial charge in [-0.3, -0.25) is 4.79 Å². The summed E-state index contributed by atoms with van der Waals surface area (Å²) in [4.78, 5) is 15.3. The van der Waals surface area contributed by atoms with Crippen LogP contribution in [0.3, 0.4) is 0 Å². The summed E-state index contributed by atoms with van der Waals surface area (Å²) in [5.41, 5.74) is 7.07. The Morgan fingerprint density at radius 1 is 1.59 bits per heavy atom. The Labute approximate surface area is 97.9 Å². The third kappa shape index (κ3) is 1.59. The van der Waals surface area contributed by atoms with E-state index in [1.807, 2.05) is 16.7 Å². The third-order valence-corrected chi connectivity index (χ3v) is 3.18.